The molecule has 0 bridgehead atoms. The van der Waals surface area contributed by atoms with Crippen molar-refractivity contribution in [3.05, 3.63) is 62.8 Å². The van der Waals surface area contributed by atoms with Gasteiger partial charge in [0.15, 0.2) is 0 Å². The number of hydrogen-bond acceptors (Lipinski definition) is 3. The molecule has 2 aromatic heterocycles. The van der Waals surface area contributed by atoms with Crippen LogP contribution in [-0.4, -0.2) is 15.0 Å². The molecule has 5 rings (SSSR count). The summed E-state index contributed by atoms with van der Waals surface area (Å²) in [5.74, 6) is 0. The molecule has 0 aliphatic rings. The largest absolute Gasteiger partial charge is 0.246 e. The van der Waals surface area contributed by atoms with Crippen molar-refractivity contribution in [2.75, 3.05) is 0 Å². The van der Waals surface area contributed by atoms with Crippen LogP contribution in [0.25, 0.3) is 43.6 Å². The number of unbranched alkanes of at least 4 members (excludes halogenated alkanes) is 10. The Labute approximate surface area is 255 Å². The first-order chi connectivity index (χ1) is 19.6. The van der Waals surface area contributed by atoms with Crippen LogP contribution in [0.2, 0.25) is 0 Å². The van der Waals surface area contributed by atoms with E-state index in [-0.39, 0.29) is 0 Å². The van der Waals surface area contributed by atoms with Crippen LogP contribution >= 0.6 is 31.9 Å². The van der Waals surface area contributed by atoms with E-state index in [9.17, 15) is 0 Å². The second-order valence-corrected chi connectivity index (χ2v) is 12.9. The third-order valence-corrected chi connectivity index (χ3v) is 9.38. The molecule has 3 nitrogen and oxygen atoms in total. The fourth-order valence-electron chi connectivity index (χ4n) is 5.93. The van der Waals surface area contributed by atoms with E-state index >= 15 is 0 Å². The van der Waals surface area contributed by atoms with Crippen molar-refractivity contribution in [2.24, 2.45) is 0 Å². The molecule has 0 saturated heterocycles. The highest BCUT2D eigenvalue weighted by Gasteiger charge is 2.16. The molecule has 0 fully saturated rings. The molecule has 5 aromatic rings. The quantitative estimate of drug-likeness (QED) is 0.0514. The van der Waals surface area contributed by atoms with E-state index in [1.54, 1.807) is 6.20 Å². The first-order valence-electron chi connectivity index (χ1n) is 15.4. The number of nitrogens with zero attached hydrogens (tertiary/aromatic N) is 3. The van der Waals surface area contributed by atoms with Crippen molar-refractivity contribution in [3.8, 4) is 0 Å². The number of aryl methyl sites for hydroxylation is 2. The van der Waals surface area contributed by atoms with E-state index in [1.165, 1.54) is 110 Å². The molecular formula is C35H41Br2N3. The molecule has 5 heteroatoms. The van der Waals surface area contributed by atoms with Gasteiger partial charge in [0.2, 0.25) is 0 Å². The topological polar surface area (TPSA) is 38.7 Å². The second kappa shape index (κ2) is 14.2. The van der Waals surface area contributed by atoms with Gasteiger partial charge in [0, 0.05) is 17.0 Å². The normalized spacial score (nSPS) is 11.9. The molecule has 0 amide bonds. The van der Waals surface area contributed by atoms with Crippen molar-refractivity contribution in [2.45, 2.75) is 104 Å². The first-order valence-corrected chi connectivity index (χ1v) is 17.0. The van der Waals surface area contributed by atoms with Gasteiger partial charge < -0.3 is 0 Å². The number of hydrogen-bond donors (Lipinski definition) is 0. The lowest BCUT2D eigenvalue weighted by molar-refractivity contribution is 0.607. The highest BCUT2D eigenvalue weighted by atomic mass is 79.9. The van der Waals surface area contributed by atoms with Gasteiger partial charge in [-0.1, -0.05) is 102 Å². The molecule has 0 spiro atoms. The van der Waals surface area contributed by atoms with Crippen LogP contribution in [-0.2, 0) is 12.8 Å². The smallest absolute Gasteiger partial charge is 0.133 e. The van der Waals surface area contributed by atoms with Crippen molar-refractivity contribution in [1.29, 1.82) is 0 Å². The third-order valence-electron chi connectivity index (χ3n) is 8.22. The predicted octanol–water partition coefficient (Wildman–Crippen LogP) is 11.8. The van der Waals surface area contributed by atoms with Crippen LogP contribution in [0.5, 0.6) is 0 Å². The second-order valence-electron chi connectivity index (χ2n) is 11.3. The zero-order valence-corrected chi connectivity index (χ0v) is 27.2. The van der Waals surface area contributed by atoms with Gasteiger partial charge in [0.25, 0.3) is 0 Å². The van der Waals surface area contributed by atoms with Crippen LogP contribution in [0.15, 0.2) is 51.7 Å². The van der Waals surface area contributed by atoms with Crippen molar-refractivity contribution in [1.82, 2.24) is 15.0 Å². The summed E-state index contributed by atoms with van der Waals surface area (Å²) < 4.78 is 1.60. The molecule has 0 atom stereocenters. The number of halogens is 2. The minimum atomic E-state index is 0.730. The highest BCUT2D eigenvalue weighted by Crippen LogP contribution is 2.37. The molecule has 40 heavy (non-hydrogen) atoms. The highest BCUT2D eigenvalue weighted by molar-refractivity contribution is 9.11. The molecule has 0 radical (unpaired) electrons. The molecule has 3 aromatic carbocycles. The Hall–Kier alpha value is -2.11. The molecular weight excluding hydrogens is 622 g/mol. The van der Waals surface area contributed by atoms with Gasteiger partial charge in [-0.2, -0.15) is 0 Å². The number of benzene rings is 3. The Morgan fingerprint density at radius 3 is 1.52 bits per heavy atom. The van der Waals surface area contributed by atoms with Crippen LogP contribution in [0.3, 0.4) is 0 Å². The Morgan fingerprint density at radius 2 is 1.00 bits per heavy atom. The summed E-state index contributed by atoms with van der Waals surface area (Å²) in [4.78, 5) is 14.9. The van der Waals surface area contributed by atoms with Gasteiger partial charge >= 0.3 is 0 Å². The van der Waals surface area contributed by atoms with Crippen molar-refractivity contribution in [3.63, 3.8) is 0 Å². The number of pyridine rings is 1. The first kappa shape index (κ1) is 29.4. The van der Waals surface area contributed by atoms with E-state index < -0.39 is 0 Å². The van der Waals surface area contributed by atoms with E-state index in [4.69, 9.17) is 9.97 Å². The zero-order chi connectivity index (χ0) is 27.9. The molecule has 0 unspecified atom stereocenters. The minimum absolute atomic E-state index is 0.730. The van der Waals surface area contributed by atoms with Gasteiger partial charge in [-0.3, -0.25) is 0 Å². The SMILES string of the molecule is CCCCCCCCc1ccc2c3ccc(CCCCCCCC)cc3c3nc4c(Br)ncc(Br)c4nc3c2c1. The number of fused-ring (bicyclic) bond motifs is 7. The van der Waals surface area contributed by atoms with Crippen molar-refractivity contribution < 1.29 is 0 Å². The summed E-state index contributed by atoms with van der Waals surface area (Å²) in [7, 11) is 0. The van der Waals surface area contributed by atoms with Gasteiger partial charge in [-0.05, 0) is 91.6 Å². The third kappa shape index (κ3) is 6.68. The molecule has 0 aliphatic heterocycles. The Kier molecular flexibility index (Phi) is 10.4. The van der Waals surface area contributed by atoms with Gasteiger partial charge in [0.1, 0.15) is 15.6 Å². The molecule has 0 aliphatic carbocycles. The van der Waals surface area contributed by atoms with Crippen LogP contribution < -0.4 is 0 Å². The monoisotopic (exact) mass is 661 g/mol. The van der Waals surface area contributed by atoms with Gasteiger partial charge in [0.05, 0.1) is 15.5 Å². The average Bonchev–Trinajstić information content (AvgIpc) is 2.98. The average molecular weight is 664 g/mol. The Morgan fingerprint density at radius 1 is 0.525 bits per heavy atom. The number of rotatable bonds is 14. The molecule has 2 heterocycles. The Bertz CT molecular complexity index is 1490. The summed E-state index contributed by atoms with van der Waals surface area (Å²) in [5.41, 5.74) is 6.37. The fraction of sp³-hybridized carbons (Fsp3) is 0.457. The summed E-state index contributed by atoms with van der Waals surface area (Å²) in [6.07, 6.45) is 19.8. The summed E-state index contributed by atoms with van der Waals surface area (Å²) in [5, 5.41) is 4.91. The lowest BCUT2D eigenvalue weighted by Crippen LogP contribution is -1.96. The summed E-state index contributed by atoms with van der Waals surface area (Å²) in [6.45, 7) is 4.55. The maximum atomic E-state index is 5.24. The van der Waals surface area contributed by atoms with E-state index in [1.807, 2.05) is 0 Å². The van der Waals surface area contributed by atoms with Crippen LogP contribution in [0, 0.1) is 0 Å². The van der Waals surface area contributed by atoms with E-state index in [0.29, 0.717) is 0 Å². The lowest BCUT2D eigenvalue weighted by atomic mass is 9.94. The predicted molar refractivity (Wildman–Crippen MR) is 179 cm³/mol. The summed E-state index contributed by atoms with van der Waals surface area (Å²) in [6, 6.07) is 14.0. The standard InChI is InChI=1S/C35H41Br2N3/c1-3-5-7-9-11-13-15-24-17-19-26-27-20-18-25(16-14-12-10-8-6-4-2)22-29(27)32-31(28(26)21-24)39-33-30(36)23-38-35(37)34(33)40-32/h17-23H,3-16H2,1-2H3. The molecule has 210 valence electrons. The van der Waals surface area contributed by atoms with Gasteiger partial charge in [-0.25, -0.2) is 15.0 Å². The van der Waals surface area contributed by atoms with Gasteiger partial charge in [-0.15, -0.1) is 0 Å². The summed E-state index contributed by atoms with van der Waals surface area (Å²) >= 11 is 7.31. The lowest BCUT2D eigenvalue weighted by Gasteiger charge is -2.14. The van der Waals surface area contributed by atoms with Crippen molar-refractivity contribution >= 4 is 75.5 Å². The van der Waals surface area contributed by atoms with Crippen LogP contribution in [0.4, 0.5) is 0 Å². The van der Waals surface area contributed by atoms with E-state index in [2.05, 4.69) is 87.1 Å². The maximum absolute atomic E-state index is 5.24. The van der Waals surface area contributed by atoms with E-state index in [0.717, 1.165) is 44.0 Å². The fourth-order valence-corrected chi connectivity index (χ4v) is 6.69. The minimum Gasteiger partial charge on any atom is -0.246 e. The molecule has 0 N–H and O–H groups in total. The maximum Gasteiger partial charge on any atom is 0.133 e. The molecule has 0 saturated carbocycles. The zero-order valence-electron chi connectivity index (χ0n) is 24.0. The number of aromatic nitrogens is 3. The van der Waals surface area contributed by atoms with Crippen LogP contribution in [0.1, 0.15) is 102 Å². The Balaban J connectivity index is 1.56.